The molecule has 2 aliphatic heterocycles. The molecule has 2 aromatic rings. The number of amides is 1. The SMILES string of the molecule is O=C([C@@H]1CCC(F)(F)c2nn(Cc3ccc(Cl)cn3)c(=O)n21)N1CCC(F)(F)C1. The zero-order valence-corrected chi connectivity index (χ0v) is 15.8. The maximum absolute atomic E-state index is 14.4. The molecule has 0 bridgehead atoms. The maximum Gasteiger partial charge on any atom is 0.347 e. The second kappa shape index (κ2) is 6.82. The van der Waals surface area contributed by atoms with Crippen molar-refractivity contribution in [2.45, 2.75) is 43.7 Å². The minimum atomic E-state index is -3.41. The Morgan fingerprint density at radius 1 is 1.24 bits per heavy atom. The molecule has 1 saturated heterocycles. The third-order valence-electron chi connectivity index (χ3n) is 5.11. The van der Waals surface area contributed by atoms with Crippen LogP contribution in [0.4, 0.5) is 17.6 Å². The van der Waals surface area contributed by atoms with E-state index in [-0.39, 0.29) is 19.5 Å². The van der Waals surface area contributed by atoms with Gasteiger partial charge in [0.1, 0.15) is 6.04 Å². The van der Waals surface area contributed by atoms with Crippen molar-refractivity contribution in [1.82, 2.24) is 24.2 Å². The average Bonchev–Trinajstić information content (AvgIpc) is 3.18. The molecule has 2 aromatic heterocycles. The van der Waals surface area contributed by atoms with E-state index in [2.05, 4.69) is 10.1 Å². The Bertz CT molecular complexity index is 1000. The van der Waals surface area contributed by atoms with Crippen molar-refractivity contribution in [3.05, 3.63) is 45.4 Å². The number of hydrogen-bond donors (Lipinski definition) is 0. The van der Waals surface area contributed by atoms with Gasteiger partial charge in [0.15, 0.2) is 0 Å². The van der Waals surface area contributed by atoms with Crippen molar-refractivity contribution in [2.24, 2.45) is 0 Å². The zero-order valence-electron chi connectivity index (χ0n) is 15.0. The van der Waals surface area contributed by atoms with Crippen molar-refractivity contribution in [3.63, 3.8) is 0 Å². The number of pyridine rings is 1. The van der Waals surface area contributed by atoms with E-state index in [9.17, 15) is 27.2 Å². The second-order valence-corrected chi connectivity index (χ2v) is 7.66. The van der Waals surface area contributed by atoms with E-state index in [4.69, 9.17) is 11.6 Å². The third-order valence-corrected chi connectivity index (χ3v) is 5.33. The van der Waals surface area contributed by atoms with E-state index in [0.29, 0.717) is 15.3 Å². The molecule has 4 rings (SSSR count). The summed E-state index contributed by atoms with van der Waals surface area (Å²) >= 11 is 5.76. The molecule has 4 heterocycles. The number of alkyl halides is 4. The lowest BCUT2D eigenvalue weighted by molar-refractivity contribution is -0.138. The molecule has 7 nitrogen and oxygen atoms in total. The maximum atomic E-state index is 14.4. The van der Waals surface area contributed by atoms with Gasteiger partial charge in [0, 0.05) is 25.6 Å². The molecule has 2 aliphatic rings. The molecule has 0 aromatic carbocycles. The van der Waals surface area contributed by atoms with E-state index < -0.39 is 54.7 Å². The topological polar surface area (TPSA) is 73.0 Å². The van der Waals surface area contributed by atoms with Crippen molar-refractivity contribution < 1.29 is 22.4 Å². The van der Waals surface area contributed by atoms with Crippen LogP contribution in [0.15, 0.2) is 23.1 Å². The van der Waals surface area contributed by atoms with Gasteiger partial charge in [0.25, 0.3) is 5.92 Å². The van der Waals surface area contributed by atoms with Gasteiger partial charge < -0.3 is 4.90 Å². The molecule has 0 unspecified atom stereocenters. The molecule has 156 valence electrons. The Labute approximate surface area is 166 Å². The minimum Gasteiger partial charge on any atom is -0.335 e. The number of rotatable bonds is 3. The van der Waals surface area contributed by atoms with Crippen molar-refractivity contribution in [3.8, 4) is 0 Å². The third kappa shape index (κ3) is 3.63. The smallest absolute Gasteiger partial charge is 0.335 e. The van der Waals surface area contributed by atoms with Gasteiger partial charge in [-0.15, -0.1) is 5.10 Å². The van der Waals surface area contributed by atoms with Crippen LogP contribution in [0, 0.1) is 0 Å². The first kappa shape index (κ1) is 19.9. The van der Waals surface area contributed by atoms with Gasteiger partial charge in [-0.1, -0.05) is 11.6 Å². The number of nitrogens with zero attached hydrogens (tertiary/aromatic N) is 5. The molecule has 0 radical (unpaired) electrons. The molecule has 29 heavy (non-hydrogen) atoms. The second-order valence-electron chi connectivity index (χ2n) is 7.23. The fourth-order valence-electron chi connectivity index (χ4n) is 3.63. The number of aromatic nitrogens is 4. The van der Waals surface area contributed by atoms with Crippen LogP contribution in [0.3, 0.4) is 0 Å². The van der Waals surface area contributed by atoms with Crippen LogP contribution in [0.1, 0.15) is 36.8 Å². The Hall–Kier alpha value is -2.43. The predicted molar refractivity (Wildman–Crippen MR) is 93.1 cm³/mol. The molecular formula is C17H16ClF4N5O2. The van der Waals surface area contributed by atoms with Crippen LogP contribution in [0.25, 0.3) is 0 Å². The molecule has 0 saturated carbocycles. The molecular weight excluding hydrogens is 418 g/mol. The first-order valence-electron chi connectivity index (χ1n) is 8.92. The first-order chi connectivity index (χ1) is 13.6. The number of carbonyl (C=O) groups is 1. The van der Waals surface area contributed by atoms with Gasteiger partial charge in [0.2, 0.25) is 11.7 Å². The first-order valence-corrected chi connectivity index (χ1v) is 9.30. The summed E-state index contributed by atoms with van der Waals surface area (Å²) in [6.07, 6.45) is -0.202. The molecule has 0 spiro atoms. The van der Waals surface area contributed by atoms with E-state index in [0.717, 1.165) is 9.58 Å². The molecule has 1 atom stereocenters. The quantitative estimate of drug-likeness (QED) is 0.697. The van der Waals surface area contributed by atoms with E-state index in [1.165, 1.54) is 18.3 Å². The molecule has 0 aliphatic carbocycles. The zero-order chi connectivity index (χ0) is 21.0. The summed E-state index contributed by atoms with van der Waals surface area (Å²) in [4.78, 5) is 30.5. The number of fused-ring (bicyclic) bond motifs is 1. The fourth-order valence-corrected chi connectivity index (χ4v) is 3.75. The van der Waals surface area contributed by atoms with Crippen LogP contribution in [0.5, 0.6) is 0 Å². The number of likely N-dealkylation sites (tertiary alicyclic amines) is 1. The number of carbonyl (C=O) groups excluding carboxylic acids is 1. The predicted octanol–water partition coefficient (Wildman–Crippen LogP) is 2.44. The minimum absolute atomic E-state index is 0.189. The normalized spacial score (nSPS) is 22.5. The van der Waals surface area contributed by atoms with E-state index >= 15 is 0 Å². The van der Waals surface area contributed by atoms with Crippen molar-refractivity contribution in [1.29, 1.82) is 0 Å². The summed E-state index contributed by atoms with van der Waals surface area (Å²) in [5.41, 5.74) is -0.558. The summed E-state index contributed by atoms with van der Waals surface area (Å²) in [6, 6.07) is 1.75. The highest BCUT2D eigenvalue weighted by Gasteiger charge is 2.49. The number of halogens is 5. The molecule has 0 N–H and O–H groups in total. The van der Waals surface area contributed by atoms with Gasteiger partial charge in [0.05, 0.1) is 23.8 Å². The summed E-state index contributed by atoms with van der Waals surface area (Å²) in [5, 5.41) is 4.10. The highest BCUT2D eigenvalue weighted by Crippen LogP contribution is 2.40. The van der Waals surface area contributed by atoms with Gasteiger partial charge in [-0.3, -0.25) is 14.3 Å². The monoisotopic (exact) mass is 433 g/mol. The largest absolute Gasteiger partial charge is 0.347 e. The summed E-state index contributed by atoms with van der Waals surface area (Å²) in [5.74, 6) is -8.05. The molecule has 1 fully saturated rings. The highest BCUT2D eigenvalue weighted by atomic mass is 35.5. The molecule has 1 amide bonds. The lowest BCUT2D eigenvalue weighted by Gasteiger charge is -2.30. The Kier molecular flexibility index (Phi) is 4.67. The average molecular weight is 434 g/mol. The van der Waals surface area contributed by atoms with Gasteiger partial charge in [-0.05, 0) is 18.6 Å². The lowest BCUT2D eigenvalue weighted by atomic mass is 10.0. The highest BCUT2D eigenvalue weighted by molar-refractivity contribution is 6.30. The van der Waals surface area contributed by atoms with E-state index in [1.807, 2.05) is 0 Å². The van der Waals surface area contributed by atoms with Gasteiger partial charge in [-0.2, -0.15) is 8.78 Å². The van der Waals surface area contributed by atoms with Crippen LogP contribution < -0.4 is 5.69 Å². The molecule has 12 heteroatoms. The fraction of sp³-hybridized carbons (Fsp3) is 0.529. The van der Waals surface area contributed by atoms with Crippen LogP contribution in [-0.2, 0) is 17.3 Å². The Morgan fingerprint density at radius 2 is 2.00 bits per heavy atom. The van der Waals surface area contributed by atoms with E-state index in [1.54, 1.807) is 0 Å². The van der Waals surface area contributed by atoms with Crippen molar-refractivity contribution >= 4 is 17.5 Å². The van der Waals surface area contributed by atoms with Crippen LogP contribution in [-0.4, -0.2) is 49.2 Å². The number of hydrogen-bond acceptors (Lipinski definition) is 4. The van der Waals surface area contributed by atoms with Gasteiger partial charge in [-0.25, -0.2) is 18.3 Å². The summed E-state index contributed by atoms with van der Waals surface area (Å²) < 4.78 is 57.2. The van der Waals surface area contributed by atoms with Crippen LogP contribution >= 0.6 is 11.6 Å². The Morgan fingerprint density at radius 3 is 2.62 bits per heavy atom. The summed E-state index contributed by atoms with van der Waals surface area (Å²) in [6.45, 7) is -1.17. The Balaban J connectivity index is 1.69. The summed E-state index contributed by atoms with van der Waals surface area (Å²) in [7, 11) is 0. The van der Waals surface area contributed by atoms with Crippen LogP contribution in [0.2, 0.25) is 5.02 Å². The van der Waals surface area contributed by atoms with Gasteiger partial charge >= 0.3 is 11.6 Å². The standard InChI is InChI=1S/C17H16ClF4N5O2/c18-10-1-2-11(23-7-10)8-26-15(29)27-12(3-4-17(21,22)14(27)24-26)13(28)25-6-5-16(19,20)9-25/h1-2,7,12H,3-6,8-9H2/t12-/m0/s1. The lowest BCUT2D eigenvalue weighted by Crippen LogP contribution is -2.44. The van der Waals surface area contributed by atoms with Crippen molar-refractivity contribution in [2.75, 3.05) is 13.1 Å².